The molecule has 0 saturated carbocycles. The van der Waals surface area contributed by atoms with Crippen LogP contribution in [0.4, 0.5) is 0 Å². The van der Waals surface area contributed by atoms with E-state index in [0.29, 0.717) is 30.0 Å². The van der Waals surface area contributed by atoms with Crippen LogP contribution in [-0.2, 0) is 20.9 Å². The van der Waals surface area contributed by atoms with E-state index in [9.17, 15) is 9.59 Å². The number of benzene rings is 1. The maximum absolute atomic E-state index is 11.0. The standard InChI is InChI=1S/C17H16O4/c1-4-17(19)21-16-9-7-15(8-10-16)12-20-14(3)6-5-13(2)11-18/h4-11H,1-3,12H2/b6-5-. The molecule has 0 unspecified atom stereocenters. The van der Waals surface area contributed by atoms with Gasteiger partial charge in [-0.25, -0.2) is 4.79 Å². The van der Waals surface area contributed by atoms with Gasteiger partial charge >= 0.3 is 5.97 Å². The molecule has 0 N–H and O–H groups in total. The maximum atomic E-state index is 11.0. The van der Waals surface area contributed by atoms with Crippen LogP contribution in [0.25, 0.3) is 0 Å². The van der Waals surface area contributed by atoms with Crippen LogP contribution in [-0.4, -0.2) is 12.3 Å². The van der Waals surface area contributed by atoms with E-state index in [4.69, 9.17) is 9.47 Å². The molecule has 108 valence electrons. The molecule has 1 aromatic rings. The average molecular weight is 284 g/mol. The summed E-state index contributed by atoms with van der Waals surface area (Å²) in [6.45, 7) is 10.8. The molecule has 0 spiro atoms. The van der Waals surface area contributed by atoms with Gasteiger partial charge in [-0.15, -0.1) is 0 Å². The second kappa shape index (κ2) is 8.32. The minimum absolute atomic E-state index is 0.312. The van der Waals surface area contributed by atoms with Crippen LogP contribution in [0.15, 0.2) is 73.6 Å². The van der Waals surface area contributed by atoms with Crippen molar-refractivity contribution in [1.29, 1.82) is 0 Å². The highest BCUT2D eigenvalue weighted by Gasteiger charge is 2.00. The molecule has 0 amide bonds. The number of ether oxygens (including phenoxy) is 2. The summed E-state index contributed by atoms with van der Waals surface area (Å²) in [5.74, 6) is 0.345. The summed E-state index contributed by atoms with van der Waals surface area (Å²) in [5, 5.41) is 0. The van der Waals surface area contributed by atoms with Crippen molar-refractivity contribution in [3.63, 3.8) is 0 Å². The third-order valence-corrected chi connectivity index (χ3v) is 2.37. The Morgan fingerprint density at radius 1 is 1.14 bits per heavy atom. The Hall–Kier alpha value is -2.88. The van der Waals surface area contributed by atoms with E-state index in [0.717, 1.165) is 11.6 Å². The second-order valence-corrected chi connectivity index (χ2v) is 4.05. The number of carbonyl (C=O) groups is 2. The zero-order chi connectivity index (χ0) is 15.7. The molecule has 0 fully saturated rings. The Morgan fingerprint density at radius 3 is 2.38 bits per heavy atom. The summed E-state index contributed by atoms with van der Waals surface area (Å²) in [7, 11) is 0. The van der Waals surface area contributed by atoms with Crippen molar-refractivity contribution < 1.29 is 19.1 Å². The van der Waals surface area contributed by atoms with Crippen molar-refractivity contribution in [2.45, 2.75) is 6.61 Å². The van der Waals surface area contributed by atoms with Gasteiger partial charge in [-0.05, 0) is 29.8 Å². The maximum Gasteiger partial charge on any atom is 0.335 e. The Bertz CT molecular complexity index is 579. The molecule has 0 bridgehead atoms. The lowest BCUT2D eigenvalue weighted by Crippen LogP contribution is -2.02. The predicted molar refractivity (Wildman–Crippen MR) is 80.5 cm³/mol. The largest absolute Gasteiger partial charge is 0.490 e. The number of esters is 1. The van der Waals surface area contributed by atoms with Gasteiger partial charge in [-0.2, -0.15) is 0 Å². The van der Waals surface area contributed by atoms with Crippen LogP contribution in [0.3, 0.4) is 0 Å². The molecule has 1 aromatic carbocycles. The molecule has 0 saturated heterocycles. The van der Waals surface area contributed by atoms with Crippen LogP contribution in [0.1, 0.15) is 5.56 Å². The highest BCUT2D eigenvalue weighted by Crippen LogP contribution is 2.14. The lowest BCUT2D eigenvalue weighted by atomic mass is 10.2. The Morgan fingerprint density at radius 2 is 1.81 bits per heavy atom. The van der Waals surface area contributed by atoms with Crippen molar-refractivity contribution in [3.8, 4) is 5.75 Å². The second-order valence-electron chi connectivity index (χ2n) is 4.05. The van der Waals surface area contributed by atoms with Crippen LogP contribution >= 0.6 is 0 Å². The van der Waals surface area contributed by atoms with Crippen molar-refractivity contribution in [2.24, 2.45) is 0 Å². The van der Waals surface area contributed by atoms with Gasteiger partial charge in [0.05, 0.1) is 0 Å². The van der Waals surface area contributed by atoms with E-state index < -0.39 is 5.97 Å². The number of allylic oxidation sites excluding steroid dienone is 3. The van der Waals surface area contributed by atoms with Crippen molar-refractivity contribution >= 4 is 12.3 Å². The van der Waals surface area contributed by atoms with Crippen LogP contribution in [0, 0.1) is 0 Å². The molecule has 0 aliphatic heterocycles. The summed E-state index contributed by atoms with van der Waals surface area (Å²) in [6, 6.07) is 6.86. The number of aldehydes is 1. The van der Waals surface area contributed by atoms with Gasteiger partial charge in [0.25, 0.3) is 0 Å². The number of rotatable bonds is 8. The molecule has 0 aromatic heterocycles. The summed E-state index contributed by atoms with van der Waals surface area (Å²) < 4.78 is 10.4. The minimum Gasteiger partial charge on any atom is -0.490 e. The van der Waals surface area contributed by atoms with Gasteiger partial charge < -0.3 is 9.47 Å². The van der Waals surface area contributed by atoms with E-state index in [-0.39, 0.29) is 0 Å². The minimum atomic E-state index is -0.507. The van der Waals surface area contributed by atoms with Crippen molar-refractivity contribution in [3.05, 3.63) is 79.1 Å². The van der Waals surface area contributed by atoms with E-state index >= 15 is 0 Å². The van der Waals surface area contributed by atoms with Gasteiger partial charge in [0, 0.05) is 11.6 Å². The molecule has 0 aliphatic carbocycles. The first-order chi connectivity index (χ1) is 10.0. The topological polar surface area (TPSA) is 52.6 Å². The fourth-order valence-corrected chi connectivity index (χ4v) is 1.27. The van der Waals surface area contributed by atoms with E-state index in [1.165, 1.54) is 6.08 Å². The van der Waals surface area contributed by atoms with E-state index in [1.807, 2.05) is 0 Å². The van der Waals surface area contributed by atoms with Crippen molar-refractivity contribution in [1.82, 2.24) is 0 Å². The fraction of sp³-hybridized carbons (Fsp3) is 0.0588. The zero-order valence-electron chi connectivity index (χ0n) is 11.6. The lowest BCUT2D eigenvalue weighted by Gasteiger charge is -2.07. The molecule has 0 heterocycles. The van der Waals surface area contributed by atoms with Gasteiger partial charge in [-0.1, -0.05) is 31.9 Å². The van der Waals surface area contributed by atoms with Gasteiger partial charge in [-0.3, -0.25) is 4.79 Å². The average Bonchev–Trinajstić information content (AvgIpc) is 2.51. The number of hydrogen-bond acceptors (Lipinski definition) is 4. The summed E-state index contributed by atoms with van der Waals surface area (Å²) in [4.78, 5) is 21.4. The predicted octanol–water partition coefficient (Wildman–Crippen LogP) is 3.12. The van der Waals surface area contributed by atoms with E-state index in [2.05, 4.69) is 19.7 Å². The third-order valence-electron chi connectivity index (χ3n) is 2.37. The smallest absolute Gasteiger partial charge is 0.335 e. The highest BCUT2D eigenvalue weighted by molar-refractivity contribution is 5.83. The van der Waals surface area contributed by atoms with Gasteiger partial charge in [0.1, 0.15) is 24.4 Å². The first kappa shape index (κ1) is 16.2. The molecule has 21 heavy (non-hydrogen) atoms. The first-order valence-electron chi connectivity index (χ1n) is 6.12. The molecule has 0 radical (unpaired) electrons. The number of hydrogen-bond donors (Lipinski definition) is 0. The van der Waals surface area contributed by atoms with E-state index in [1.54, 1.807) is 30.3 Å². The molecular weight excluding hydrogens is 268 g/mol. The SMILES string of the molecule is C=CC(=O)Oc1ccc(COC(=C)/C=C\C(=C)C=O)cc1. The molecule has 4 heteroatoms. The molecule has 0 aliphatic rings. The molecule has 4 nitrogen and oxygen atoms in total. The third kappa shape index (κ3) is 6.20. The van der Waals surface area contributed by atoms with Crippen molar-refractivity contribution in [2.75, 3.05) is 0 Å². The zero-order valence-corrected chi connectivity index (χ0v) is 11.6. The normalized spacial score (nSPS) is 9.90. The Labute approximate surface area is 123 Å². The van der Waals surface area contributed by atoms with Gasteiger partial charge in [0.2, 0.25) is 0 Å². The first-order valence-corrected chi connectivity index (χ1v) is 6.12. The van der Waals surface area contributed by atoms with Gasteiger partial charge in [0.15, 0.2) is 0 Å². The molecule has 1 rings (SSSR count). The monoisotopic (exact) mass is 284 g/mol. The molecular formula is C17H16O4. The summed E-state index contributed by atoms with van der Waals surface area (Å²) in [6.07, 6.45) is 4.83. The van der Waals surface area contributed by atoms with Crippen LogP contribution in [0.2, 0.25) is 0 Å². The fourth-order valence-electron chi connectivity index (χ4n) is 1.27. The quantitative estimate of drug-likeness (QED) is 0.184. The Kier molecular flexibility index (Phi) is 6.41. The highest BCUT2D eigenvalue weighted by atomic mass is 16.5. The summed E-state index contributed by atoms with van der Waals surface area (Å²) >= 11 is 0. The van der Waals surface area contributed by atoms with Crippen LogP contribution < -0.4 is 4.74 Å². The van der Waals surface area contributed by atoms with Crippen LogP contribution in [0.5, 0.6) is 5.75 Å². The number of carbonyl (C=O) groups excluding carboxylic acids is 2. The summed E-state index contributed by atoms with van der Waals surface area (Å²) in [5.41, 5.74) is 1.23. The molecule has 0 atom stereocenters. The lowest BCUT2D eigenvalue weighted by molar-refractivity contribution is -0.128. The Balaban J connectivity index is 2.49.